The standard InChI is InChI=1S/C18H26N2O.ClH/c21-18(9-8-15-10-12-19-13-11-15)20-14-4-7-17(20)16-5-2-1-3-6-16;/h1-3,5-6,15,17,19H,4,7-14H2;1H. The Labute approximate surface area is 139 Å². The SMILES string of the molecule is Cl.O=C(CCC1CCNCC1)N1CCCC1c1ccccc1. The van der Waals surface area contributed by atoms with Crippen LogP contribution in [0.2, 0.25) is 0 Å². The average molecular weight is 323 g/mol. The zero-order chi connectivity index (χ0) is 14.5. The number of piperidine rings is 1. The minimum atomic E-state index is 0. The van der Waals surface area contributed by atoms with E-state index in [-0.39, 0.29) is 12.4 Å². The zero-order valence-corrected chi connectivity index (χ0v) is 14.0. The highest BCUT2D eigenvalue weighted by Gasteiger charge is 2.29. The minimum Gasteiger partial charge on any atom is -0.336 e. The summed E-state index contributed by atoms with van der Waals surface area (Å²) in [6, 6.07) is 10.8. The van der Waals surface area contributed by atoms with Gasteiger partial charge in [0.1, 0.15) is 0 Å². The lowest BCUT2D eigenvalue weighted by Gasteiger charge is -2.27. The second-order valence-electron chi connectivity index (χ2n) is 6.39. The van der Waals surface area contributed by atoms with E-state index >= 15 is 0 Å². The molecule has 3 rings (SSSR count). The van der Waals surface area contributed by atoms with Crippen LogP contribution in [0, 0.1) is 5.92 Å². The Morgan fingerprint density at radius 3 is 2.59 bits per heavy atom. The number of hydrogen-bond acceptors (Lipinski definition) is 2. The monoisotopic (exact) mass is 322 g/mol. The quantitative estimate of drug-likeness (QED) is 0.919. The molecule has 1 amide bonds. The molecule has 22 heavy (non-hydrogen) atoms. The van der Waals surface area contributed by atoms with Gasteiger partial charge in [0.25, 0.3) is 0 Å². The molecule has 122 valence electrons. The van der Waals surface area contributed by atoms with Gasteiger partial charge in [-0.3, -0.25) is 4.79 Å². The van der Waals surface area contributed by atoms with Crippen LogP contribution in [0.15, 0.2) is 30.3 Å². The number of amides is 1. The van der Waals surface area contributed by atoms with E-state index in [1.54, 1.807) is 0 Å². The van der Waals surface area contributed by atoms with E-state index in [2.05, 4.69) is 34.5 Å². The van der Waals surface area contributed by atoms with Gasteiger partial charge in [-0.2, -0.15) is 0 Å². The number of benzene rings is 1. The third-order valence-corrected chi connectivity index (χ3v) is 4.98. The first kappa shape index (κ1) is 17.3. The number of hydrogen-bond donors (Lipinski definition) is 1. The molecule has 1 unspecified atom stereocenters. The molecule has 2 fully saturated rings. The van der Waals surface area contributed by atoms with Gasteiger partial charge in [0.05, 0.1) is 6.04 Å². The van der Waals surface area contributed by atoms with Crippen LogP contribution in [0.3, 0.4) is 0 Å². The summed E-state index contributed by atoms with van der Waals surface area (Å²) in [6.45, 7) is 3.18. The zero-order valence-electron chi connectivity index (χ0n) is 13.2. The third-order valence-electron chi connectivity index (χ3n) is 4.98. The minimum absolute atomic E-state index is 0. The maximum Gasteiger partial charge on any atom is 0.223 e. The smallest absolute Gasteiger partial charge is 0.223 e. The summed E-state index contributed by atoms with van der Waals surface area (Å²) >= 11 is 0. The molecule has 2 aliphatic rings. The van der Waals surface area contributed by atoms with Gasteiger partial charge in [0.2, 0.25) is 5.91 Å². The second-order valence-corrected chi connectivity index (χ2v) is 6.39. The molecule has 0 saturated carbocycles. The van der Waals surface area contributed by atoms with Crippen LogP contribution in [0.25, 0.3) is 0 Å². The van der Waals surface area contributed by atoms with E-state index in [1.165, 1.54) is 18.4 Å². The van der Waals surface area contributed by atoms with Gasteiger partial charge >= 0.3 is 0 Å². The van der Waals surface area contributed by atoms with Gasteiger partial charge in [-0.25, -0.2) is 0 Å². The highest BCUT2D eigenvalue weighted by molar-refractivity contribution is 5.85. The molecule has 1 aromatic carbocycles. The Bertz CT molecular complexity index is 459. The fourth-order valence-corrected chi connectivity index (χ4v) is 3.73. The third kappa shape index (κ3) is 4.23. The normalized spacial score (nSPS) is 22.4. The molecule has 0 aliphatic carbocycles. The van der Waals surface area contributed by atoms with Crippen LogP contribution in [0.1, 0.15) is 50.1 Å². The van der Waals surface area contributed by atoms with Crippen molar-refractivity contribution in [3.63, 3.8) is 0 Å². The highest BCUT2D eigenvalue weighted by Crippen LogP contribution is 2.32. The lowest BCUT2D eigenvalue weighted by atomic mass is 9.93. The van der Waals surface area contributed by atoms with Crippen molar-refractivity contribution in [1.82, 2.24) is 10.2 Å². The predicted molar refractivity (Wildman–Crippen MR) is 92.2 cm³/mol. The molecular weight excluding hydrogens is 296 g/mol. The fourth-order valence-electron chi connectivity index (χ4n) is 3.73. The molecule has 1 N–H and O–H groups in total. The van der Waals surface area contributed by atoms with Crippen molar-refractivity contribution in [3.8, 4) is 0 Å². The lowest BCUT2D eigenvalue weighted by Crippen LogP contribution is -2.32. The molecular formula is C18H27ClN2O. The molecule has 2 heterocycles. The molecule has 2 aliphatic heterocycles. The van der Waals surface area contributed by atoms with Crippen LogP contribution in [0.4, 0.5) is 0 Å². The summed E-state index contributed by atoms with van der Waals surface area (Å²) in [7, 11) is 0. The Hall–Kier alpha value is -1.06. The number of rotatable bonds is 4. The van der Waals surface area contributed by atoms with E-state index in [1.807, 2.05) is 6.07 Å². The molecule has 2 saturated heterocycles. The van der Waals surface area contributed by atoms with Crippen LogP contribution >= 0.6 is 12.4 Å². The van der Waals surface area contributed by atoms with Gasteiger partial charge in [-0.15, -0.1) is 12.4 Å². The van der Waals surface area contributed by atoms with E-state index in [4.69, 9.17) is 0 Å². The number of likely N-dealkylation sites (tertiary alicyclic amines) is 1. The lowest BCUT2D eigenvalue weighted by molar-refractivity contribution is -0.132. The summed E-state index contributed by atoms with van der Waals surface area (Å²) in [6.07, 6.45) is 6.51. The molecule has 1 aromatic rings. The molecule has 0 radical (unpaired) electrons. The first-order valence-electron chi connectivity index (χ1n) is 8.40. The molecule has 1 atom stereocenters. The van der Waals surface area contributed by atoms with Gasteiger partial charge in [-0.05, 0) is 56.7 Å². The highest BCUT2D eigenvalue weighted by atomic mass is 35.5. The van der Waals surface area contributed by atoms with Gasteiger partial charge < -0.3 is 10.2 Å². The number of halogens is 1. The summed E-state index contributed by atoms with van der Waals surface area (Å²) < 4.78 is 0. The van der Waals surface area contributed by atoms with Crippen molar-refractivity contribution < 1.29 is 4.79 Å². The van der Waals surface area contributed by atoms with Crippen molar-refractivity contribution in [1.29, 1.82) is 0 Å². The number of carbonyl (C=O) groups excluding carboxylic acids is 1. The fraction of sp³-hybridized carbons (Fsp3) is 0.611. The molecule has 3 nitrogen and oxygen atoms in total. The van der Waals surface area contributed by atoms with Crippen molar-refractivity contribution in [2.75, 3.05) is 19.6 Å². The predicted octanol–water partition coefficient (Wildman–Crippen LogP) is 3.55. The summed E-state index contributed by atoms with van der Waals surface area (Å²) in [5.74, 6) is 1.10. The summed E-state index contributed by atoms with van der Waals surface area (Å²) in [5.41, 5.74) is 1.30. The van der Waals surface area contributed by atoms with Crippen LogP contribution in [0.5, 0.6) is 0 Å². The summed E-state index contributed by atoms with van der Waals surface area (Å²) in [5, 5.41) is 3.39. The maximum absolute atomic E-state index is 12.6. The average Bonchev–Trinajstić information content (AvgIpc) is 3.04. The Morgan fingerprint density at radius 1 is 1.14 bits per heavy atom. The maximum atomic E-state index is 12.6. The molecule has 0 bridgehead atoms. The first-order chi connectivity index (χ1) is 10.3. The number of carbonyl (C=O) groups is 1. The van der Waals surface area contributed by atoms with Gasteiger partial charge in [0.15, 0.2) is 0 Å². The largest absolute Gasteiger partial charge is 0.336 e. The van der Waals surface area contributed by atoms with Crippen molar-refractivity contribution in [2.24, 2.45) is 5.92 Å². The Balaban J connectivity index is 0.00000176. The first-order valence-corrected chi connectivity index (χ1v) is 8.40. The van der Waals surface area contributed by atoms with E-state index in [0.29, 0.717) is 11.9 Å². The van der Waals surface area contributed by atoms with E-state index in [9.17, 15) is 4.79 Å². The van der Waals surface area contributed by atoms with Crippen LogP contribution in [-0.2, 0) is 4.79 Å². The van der Waals surface area contributed by atoms with E-state index < -0.39 is 0 Å². The van der Waals surface area contributed by atoms with Crippen molar-refractivity contribution in [3.05, 3.63) is 35.9 Å². The molecule has 0 aromatic heterocycles. The van der Waals surface area contributed by atoms with Gasteiger partial charge in [-0.1, -0.05) is 30.3 Å². The number of nitrogens with zero attached hydrogens (tertiary/aromatic N) is 1. The summed E-state index contributed by atoms with van der Waals surface area (Å²) in [4.78, 5) is 14.7. The van der Waals surface area contributed by atoms with Crippen LogP contribution < -0.4 is 5.32 Å². The van der Waals surface area contributed by atoms with Crippen molar-refractivity contribution >= 4 is 18.3 Å². The van der Waals surface area contributed by atoms with E-state index in [0.717, 1.165) is 51.2 Å². The Kier molecular flexibility index (Phi) is 6.71. The van der Waals surface area contributed by atoms with Crippen LogP contribution in [-0.4, -0.2) is 30.4 Å². The van der Waals surface area contributed by atoms with Gasteiger partial charge in [0, 0.05) is 13.0 Å². The molecule has 0 spiro atoms. The molecule has 4 heteroatoms. The topological polar surface area (TPSA) is 32.3 Å². The Morgan fingerprint density at radius 2 is 1.86 bits per heavy atom. The van der Waals surface area contributed by atoms with Crippen molar-refractivity contribution in [2.45, 2.75) is 44.6 Å². The number of nitrogens with one attached hydrogen (secondary N) is 1. The second kappa shape index (κ2) is 8.54.